The Kier molecular flexibility index (Phi) is 4.38. The number of hydrogen-bond donors (Lipinski definition) is 2. The normalized spacial score (nSPS) is 12.5. The molecule has 3 nitrogen and oxygen atoms in total. The Morgan fingerprint density at radius 3 is 2.93 bits per heavy atom. The third kappa shape index (κ3) is 3.65. The average Bonchev–Trinajstić information content (AvgIpc) is 2.51. The number of hydrogen-bond acceptors (Lipinski definition) is 3. The van der Waals surface area contributed by atoms with E-state index in [4.69, 9.17) is 17.3 Å². The summed E-state index contributed by atoms with van der Waals surface area (Å²) >= 11 is 7.29. The minimum atomic E-state index is -0.443. The van der Waals surface area contributed by atoms with E-state index in [0.717, 1.165) is 10.8 Å². The van der Waals surface area contributed by atoms with Crippen LogP contribution in [0.5, 0.6) is 0 Å². The second kappa shape index (κ2) is 5.34. The van der Waals surface area contributed by atoms with Gasteiger partial charge in [-0.1, -0.05) is 11.6 Å². The number of nitrogens with one attached hydrogen (secondary N) is 1. The average molecular weight is 233 g/mol. The molecule has 14 heavy (non-hydrogen) atoms. The van der Waals surface area contributed by atoms with Crippen LogP contribution in [0.3, 0.4) is 0 Å². The summed E-state index contributed by atoms with van der Waals surface area (Å²) in [6, 6.07) is 3.38. The third-order valence-corrected chi connectivity index (χ3v) is 3.00. The van der Waals surface area contributed by atoms with E-state index < -0.39 is 6.04 Å². The number of carbonyl (C=O) groups is 1. The molecule has 1 rings (SSSR count). The number of halogens is 1. The molecule has 78 valence electrons. The Bertz CT molecular complexity index is 312. The number of amides is 1. The Balaban J connectivity index is 2.25. The first-order valence-electron chi connectivity index (χ1n) is 4.37. The van der Waals surface area contributed by atoms with Gasteiger partial charge in [0.05, 0.1) is 10.4 Å². The quantitative estimate of drug-likeness (QED) is 0.825. The highest BCUT2D eigenvalue weighted by Gasteiger charge is 2.05. The van der Waals surface area contributed by atoms with Gasteiger partial charge in [-0.25, -0.2) is 0 Å². The standard InChI is InChI=1S/C9H13ClN2OS/c1-6(11)9(13)12-5-4-7-2-3-8(10)14-7/h2-3,6H,4-5,11H2,1H3,(H,12,13). The molecule has 0 bridgehead atoms. The molecule has 0 radical (unpaired) electrons. The van der Waals surface area contributed by atoms with Crippen molar-refractivity contribution in [2.75, 3.05) is 6.54 Å². The van der Waals surface area contributed by atoms with Gasteiger partial charge in [-0.15, -0.1) is 11.3 Å². The van der Waals surface area contributed by atoms with E-state index in [1.807, 2.05) is 12.1 Å². The molecule has 0 fully saturated rings. The molecule has 0 aromatic carbocycles. The van der Waals surface area contributed by atoms with Gasteiger partial charge in [0.1, 0.15) is 0 Å². The summed E-state index contributed by atoms with van der Waals surface area (Å²) in [5.74, 6) is -0.118. The van der Waals surface area contributed by atoms with Gasteiger partial charge >= 0.3 is 0 Å². The van der Waals surface area contributed by atoms with E-state index >= 15 is 0 Å². The maximum Gasteiger partial charge on any atom is 0.236 e. The monoisotopic (exact) mass is 232 g/mol. The van der Waals surface area contributed by atoms with Gasteiger partial charge in [0.25, 0.3) is 0 Å². The second-order valence-electron chi connectivity index (χ2n) is 3.04. The van der Waals surface area contributed by atoms with E-state index in [-0.39, 0.29) is 5.91 Å². The first kappa shape index (κ1) is 11.5. The van der Waals surface area contributed by atoms with Gasteiger partial charge in [-0.05, 0) is 25.5 Å². The molecule has 1 atom stereocenters. The van der Waals surface area contributed by atoms with Crippen LogP contribution in [0.4, 0.5) is 0 Å². The molecule has 1 amide bonds. The van der Waals surface area contributed by atoms with Crippen molar-refractivity contribution in [2.24, 2.45) is 5.73 Å². The fraction of sp³-hybridized carbons (Fsp3) is 0.444. The lowest BCUT2D eigenvalue weighted by Gasteiger charge is -2.06. The van der Waals surface area contributed by atoms with Crippen LogP contribution in [0.25, 0.3) is 0 Å². The minimum absolute atomic E-state index is 0.118. The Morgan fingerprint density at radius 1 is 1.71 bits per heavy atom. The molecule has 5 heteroatoms. The van der Waals surface area contributed by atoms with Gasteiger partial charge in [0.2, 0.25) is 5.91 Å². The van der Waals surface area contributed by atoms with Gasteiger partial charge in [0.15, 0.2) is 0 Å². The van der Waals surface area contributed by atoms with E-state index in [1.54, 1.807) is 6.92 Å². The maximum atomic E-state index is 11.1. The molecule has 1 aromatic heterocycles. The molecule has 1 heterocycles. The number of carbonyl (C=O) groups excluding carboxylic acids is 1. The molecule has 1 aromatic rings. The largest absolute Gasteiger partial charge is 0.354 e. The van der Waals surface area contributed by atoms with Crippen molar-refractivity contribution in [3.63, 3.8) is 0 Å². The Labute approximate surface area is 92.3 Å². The zero-order chi connectivity index (χ0) is 10.6. The zero-order valence-electron chi connectivity index (χ0n) is 7.92. The van der Waals surface area contributed by atoms with Crippen molar-refractivity contribution in [3.8, 4) is 0 Å². The lowest BCUT2D eigenvalue weighted by molar-refractivity contribution is -0.121. The molecular weight excluding hydrogens is 220 g/mol. The van der Waals surface area contributed by atoms with Crippen LogP contribution in [0.2, 0.25) is 4.34 Å². The smallest absolute Gasteiger partial charge is 0.236 e. The van der Waals surface area contributed by atoms with Crippen molar-refractivity contribution in [1.82, 2.24) is 5.32 Å². The van der Waals surface area contributed by atoms with Crippen LogP contribution in [-0.2, 0) is 11.2 Å². The Hall–Kier alpha value is -0.580. The highest BCUT2D eigenvalue weighted by atomic mass is 35.5. The summed E-state index contributed by atoms with van der Waals surface area (Å²) in [6.07, 6.45) is 0.801. The minimum Gasteiger partial charge on any atom is -0.354 e. The van der Waals surface area contributed by atoms with Gasteiger partial charge in [0, 0.05) is 11.4 Å². The fourth-order valence-corrected chi connectivity index (χ4v) is 2.04. The van der Waals surface area contributed by atoms with Gasteiger partial charge < -0.3 is 11.1 Å². The number of rotatable bonds is 4. The van der Waals surface area contributed by atoms with E-state index in [2.05, 4.69) is 5.32 Å². The van der Waals surface area contributed by atoms with E-state index in [0.29, 0.717) is 6.54 Å². The van der Waals surface area contributed by atoms with Crippen molar-refractivity contribution in [2.45, 2.75) is 19.4 Å². The summed E-state index contributed by atoms with van der Waals surface area (Å²) < 4.78 is 0.776. The third-order valence-electron chi connectivity index (χ3n) is 1.71. The summed E-state index contributed by atoms with van der Waals surface area (Å²) in [6.45, 7) is 2.27. The van der Waals surface area contributed by atoms with Crippen molar-refractivity contribution in [1.29, 1.82) is 0 Å². The summed E-state index contributed by atoms with van der Waals surface area (Å²) in [5.41, 5.74) is 5.39. The SMILES string of the molecule is CC(N)C(=O)NCCc1ccc(Cl)s1. The van der Waals surface area contributed by atoms with Crippen LogP contribution in [0.1, 0.15) is 11.8 Å². The highest BCUT2D eigenvalue weighted by molar-refractivity contribution is 7.16. The van der Waals surface area contributed by atoms with Crippen LogP contribution in [0, 0.1) is 0 Å². The first-order chi connectivity index (χ1) is 6.59. The lowest BCUT2D eigenvalue weighted by Crippen LogP contribution is -2.39. The van der Waals surface area contributed by atoms with Gasteiger partial charge in [-0.2, -0.15) is 0 Å². The van der Waals surface area contributed by atoms with Crippen LogP contribution in [0.15, 0.2) is 12.1 Å². The molecule has 1 unspecified atom stereocenters. The van der Waals surface area contributed by atoms with Gasteiger partial charge in [-0.3, -0.25) is 4.79 Å². The van der Waals surface area contributed by atoms with E-state index in [9.17, 15) is 4.79 Å². The molecule has 0 spiro atoms. The molecule has 0 saturated heterocycles. The maximum absolute atomic E-state index is 11.1. The fourth-order valence-electron chi connectivity index (χ4n) is 0.956. The topological polar surface area (TPSA) is 55.1 Å². The zero-order valence-corrected chi connectivity index (χ0v) is 9.49. The summed E-state index contributed by atoms with van der Waals surface area (Å²) in [4.78, 5) is 12.2. The summed E-state index contributed by atoms with van der Waals surface area (Å²) in [5, 5.41) is 2.74. The van der Waals surface area contributed by atoms with E-state index in [1.165, 1.54) is 16.2 Å². The van der Waals surface area contributed by atoms with Crippen LogP contribution in [-0.4, -0.2) is 18.5 Å². The molecule has 0 aliphatic rings. The van der Waals surface area contributed by atoms with Crippen LogP contribution >= 0.6 is 22.9 Å². The molecule has 0 saturated carbocycles. The van der Waals surface area contributed by atoms with Crippen molar-refractivity contribution < 1.29 is 4.79 Å². The predicted octanol–water partition coefficient (Wildman–Crippen LogP) is 1.41. The predicted molar refractivity (Wildman–Crippen MR) is 59.7 cm³/mol. The molecule has 3 N–H and O–H groups in total. The lowest BCUT2D eigenvalue weighted by atomic mass is 10.3. The molecule has 0 aliphatic heterocycles. The summed E-state index contributed by atoms with van der Waals surface area (Å²) in [7, 11) is 0. The second-order valence-corrected chi connectivity index (χ2v) is 4.84. The van der Waals surface area contributed by atoms with Crippen molar-refractivity contribution in [3.05, 3.63) is 21.3 Å². The van der Waals surface area contributed by atoms with Crippen molar-refractivity contribution >= 4 is 28.8 Å². The number of thiophene rings is 1. The molecule has 0 aliphatic carbocycles. The highest BCUT2D eigenvalue weighted by Crippen LogP contribution is 2.21. The van der Waals surface area contributed by atoms with Crippen LogP contribution < -0.4 is 11.1 Å². The Morgan fingerprint density at radius 2 is 2.43 bits per heavy atom. The molecular formula is C9H13ClN2OS. The first-order valence-corrected chi connectivity index (χ1v) is 5.56. The number of nitrogens with two attached hydrogens (primary N) is 1.